The van der Waals surface area contributed by atoms with Gasteiger partial charge in [0.2, 0.25) is 0 Å². The SMILES string of the molecule is C/C(=C\c1cc(C)n(C)c1C)C(C)Br. The average Bonchev–Trinajstić information content (AvgIpc) is 2.33. The molecule has 0 radical (unpaired) electrons. The van der Waals surface area contributed by atoms with E-state index in [9.17, 15) is 0 Å². The van der Waals surface area contributed by atoms with Crippen molar-refractivity contribution in [3.05, 3.63) is 28.6 Å². The zero-order valence-corrected chi connectivity index (χ0v) is 11.1. The molecule has 1 atom stereocenters. The van der Waals surface area contributed by atoms with Crippen LogP contribution in [0.5, 0.6) is 0 Å². The lowest BCUT2D eigenvalue weighted by Gasteiger charge is -2.03. The Hall–Kier alpha value is -0.500. The Balaban J connectivity index is 3.09. The smallest absolute Gasteiger partial charge is 0.0326 e. The molecule has 0 spiro atoms. The van der Waals surface area contributed by atoms with E-state index >= 15 is 0 Å². The molecule has 14 heavy (non-hydrogen) atoms. The summed E-state index contributed by atoms with van der Waals surface area (Å²) in [5, 5.41) is 0. The number of aromatic nitrogens is 1. The summed E-state index contributed by atoms with van der Waals surface area (Å²) in [6.07, 6.45) is 2.25. The molecule has 78 valence electrons. The van der Waals surface area contributed by atoms with Crippen molar-refractivity contribution in [3.8, 4) is 0 Å². The van der Waals surface area contributed by atoms with E-state index in [2.05, 4.69) is 67.4 Å². The maximum Gasteiger partial charge on any atom is 0.0326 e. The number of halogens is 1. The summed E-state index contributed by atoms with van der Waals surface area (Å²) in [4.78, 5) is 0.447. The molecular weight excluding hydrogens is 238 g/mol. The van der Waals surface area contributed by atoms with Crippen LogP contribution < -0.4 is 0 Å². The van der Waals surface area contributed by atoms with Crippen molar-refractivity contribution >= 4 is 22.0 Å². The van der Waals surface area contributed by atoms with E-state index in [0.29, 0.717) is 4.83 Å². The van der Waals surface area contributed by atoms with E-state index in [4.69, 9.17) is 0 Å². The Morgan fingerprint density at radius 3 is 2.43 bits per heavy atom. The molecular formula is C12H18BrN. The van der Waals surface area contributed by atoms with Gasteiger partial charge in [-0.05, 0) is 39.3 Å². The molecule has 1 rings (SSSR count). The summed E-state index contributed by atoms with van der Waals surface area (Å²) in [7, 11) is 2.11. The molecule has 2 heteroatoms. The summed E-state index contributed by atoms with van der Waals surface area (Å²) in [5.41, 5.74) is 5.33. The van der Waals surface area contributed by atoms with E-state index in [1.165, 1.54) is 22.5 Å². The van der Waals surface area contributed by atoms with Gasteiger partial charge in [-0.25, -0.2) is 0 Å². The van der Waals surface area contributed by atoms with Gasteiger partial charge < -0.3 is 4.57 Å². The highest BCUT2D eigenvalue weighted by molar-refractivity contribution is 9.09. The Bertz CT molecular complexity index is 359. The van der Waals surface area contributed by atoms with Gasteiger partial charge in [-0.1, -0.05) is 27.6 Å². The summed E-state index contributed by atoms with van der Waals surface area (Å²) in [5.74, 6) is 0. The van der Waals surface area contributed by atoms with Crippen LogP contribution in [0.25, 0.3) is 6.08 Å². The van der Waals surface area contributed by atoms with Crippen molar-refractivity contribution in [1.82, 2.24) is 4.57 Å². The second-order valence-electron chi connectivity index (χ2n) is 3.89. The van der Waals surface area contributed by atoms with Crippen LogP contribution in [0.15, 0.2) is 11.6 Å². The standard InChI is InChI=1S/C12H18BrN/c1-8(10(3)13)6-12-7-9(2)14(5)11(12)4/h6-7,10H,1-5H3/b8-6+. The fourth-order valence-corrected chi connectivity index (χ4v) is 1.52. The summed E-state index contributed by atoms with van der Waals surface area (Å²) < 4.78 is 2.22. The topological polar surface area (TPSA) is 4.93 Å². The Labute approximate surface area is 94.9 Å². The fourth-order valence-electron chi connectivity index (χ4n) is 1.39. The van der Waals surface area contributed by atoms with Gasteiger partial charge in [0.15, 0.2) is 0 Å². The maximum atomic E-state index is 3.57. The van der Waals surface area contributed by atoms with Crippen molar-refractivity contribution in [2.24, 2.45) is 7.05 Å². The molecule has 0 aromatic carbocycles. The third-order valence-electron chi connectivity index (χ3n) is 2.82. The first-order valence-corrected chi connectivity index (χ1v) is 5.80. The number of hydrogen-bond donors (Lipinski definition) is 0. The summed E-state index contributed by atoms with van der Waals surface area (Å²) in [6, 6.07) is 2.23. The molecule has 0 N–H and O–H groups in total. The van der Waals surface area contributed by atoms with Crippen LogP contribution in [-0.4, -0.2) is 9.39 Å². The zero-order valence-electron chi connectivity index (χ0n) is 9.56. The normalized spacial score (nSPS) is 14.6. The lowest BCUT2D eigenvalue weighted by molar-refractivity contribution is 0.843. The van der Waals surface area contributed by atoms with Gasteiger partial charge in [-0.3, -0.25) is 0 Å². The summed E-state index contributed by atoms with van der Waals surface area (Å²) >= 11 is 3.57. The van der Waals surface area contributed by atoms with Crippen LogP contribution in [0.4, 0.5) is 0 Å². The van der Waals surface area contributed by atoms with Crippen LogP contribution in [0, 0.1) is 13.8 Å². The molecule has 0 bridgehead atoms. The van der Waals surface area contributed by atoms with Crippen molar-refractivity contribution in [1.29, 1.82) is 0 Å². The Morgan fingerprint density at radius 1 is 1.50 bits per heavy atom. The monoisotopic (exact) mass is 255 g/mol. The molecule has 0 amide bonds. The van der Waals surface area contributed by atoms with Gasteiger partial charge in [-0.15, -0.1) is 0 Å². The van der Waals surface area contributed by atoms with E-state index in [0.717, 1.165) is 0 Å². The molecule has 0 saturated heterocycles. The minimum Gasteiger partial charge on any atom is -0.352 e. The Kier molecular flexibility index (Phi) is 3.59. The Morgan fingerprint density at radius 2 is 2.07 bits per heavy atom. The van der Waals surface area contributed by atoms with E-state index < -0.39 is 0 Å². The van der Waals surface area contributed by atoms with E-state index in [1.807, 2.05) is 0 Å². The largest absolute Gasteiger partial charge is 0.352 e. The molecule has 0 aliphatic heterocycles. The van der Waals surface area contributed by atoms with Crippen molar-refractivity contribution in [3.63, 3.8) is 0 Å². The van der Waals surface area contributed by atoms with E-state index in [1.54, 1.807) is 0 Å². The molecule has 0 fully saturated rings. The molecule has 1 nitrogen and oxygen atoms in total. The quantitative estimate of drug-likeness (QED) is 0.709. The van der Waals surface area contributed by atoms with Crippen LogP contribution in [-0.2, 0) is 7.05 Å². The zero-order chi connectivity index (χ0) is 10.9. The molecule has 1 aromatic heterocycles. The third kappa shape index (κ3) is 2.30. The van der Waals surface area contributed by atoms with Gasteiger partial charge in [-0.2, -0.15) is 0 Å². The fraction of sp³-hybridized carbons (Fsp3) is 0.500. The number of hydrogen-bond acceptors (Lipinski definition) is 0. The number of nitrogens with zero attached hydrogens (tertiary/aromatic N) is 1. The lowest BCUT2D eigenvalue weighted by Crippen LogP contribution is -1.94. The first kappa shape index (κ1) is 11.6. The van der Waals surface area contributed by atoms with Crippen LogP contribution in [0.3, 0.4) is 0 Å². The van der Waals surface area contributed by atoms with Crippen LogP contribution in [0.2, 0.25) is 0 Å². The predicted molar refractivity (Wildman–Crippen MR) is 66.9 cm³/mol. The van der Waals surface area contributed by atoms with Crippen LogP contribution >= 0.6 is 15.9 Å². The number of aryl methyl sites for hydroxylation is 1. The van der Waals surface area contributed by atoms with Gasteiger partial charge in [0.25, 0.3) is 0 Å². The highest BCUT2D eigenvalue weighted by atomic mass is 79.9. The van der Waals surface area contributed by atoms with Gasteiger partial charge in [0.05, 0.1) is 0 Å². The molecule has 0 saturated carbocycles. The number of rotatable bonds is 2. The van der Waals surface area contributed by atoms with E-state index in [-0.39, 0.29) is 0 Å². The maximum absolute atomic E-state index is 3.57. The van der Waals surface area contributed by atoms with Crippen molar-refractivity contribution in [2.45, 2.75) is 32.5 Å². The second kappa shape index (κ2) is 4.35. The molecule has 0 aliphatic carbocycles. The van der Waals surface area contributed by atoms with Crippen molar-refractivity contribution in [2.75, 3.05) is 0 Å². The summed E-state index contributed by atoms with van der Waals surface area (Å²) in [6.45, 7) is 8.60. The predicted octanol–water partition coefficient (Wildman–Crippen LogP) is 3.83. The highest BCUT2D eigenvalue weighted by Crippen LogP contribution is 2.19. The number of allylic oxidation sites excluding steroid dienone is 1. The number of alkyl halides is 1. The minimum atomic E-state index is 0.447. The average molecular weight is 256 g/mol. The first-order chi connectivity index (χ1) is 6.43. The van der Waals surface area contributed by atoms with Gasteiger partial charge >= 0.3 is 0 Å². The first-order valence-electron chi connectivity index (χ1n) is 4.88. The second-order valence-corrected chi connectivity index (χ2v) is 5.26. The molecule has 1 aromatic rings. The third-order valence-corrected chi connectivity index (χ3v) is 3.55. The highest BCUT2D eigenvalue weighted by Gasteiger charge is 2.05. The van der Waals surface area contributed by atoms with Crippen LogP contribution in [0.1, 0.15) is 30.8 Å². The minimum absolute atomic E-state index is 0.447. The van der Waals surface area contributed by atoms with Gasteiger partial charge in [0, 0.05) is 23.3 Å². The molecule has 1 unspecified atom stereocenters. The molecule has 0 aliphatic rings. The van der Waals surface area contributed by atoms with Gasteiger partial charge in [0.1, 0.15) is 0 Å². The molecule has 1 heterocycles. The lowest BCUT2D eigenvalue weighted by atomic mass is 10.1. The van der Waals surface area contributed by atoms with Crippen molar-refractivity contribution < 1.29 is 0 Å².